The van der Waals surface area contributed by atoms with Gasteiger partial charge in [-0.1, -0.05) is 0 Å². The molecule has 0 aliphatic rings. The minimum Gasteiger partial charge on any atom is -0.493 e. The number of rotatable bonds is 8. The summed E-state index contributed by atoms with van der Waals surface area (Å²) in [4.78, 5) is 22.5. The summed E-state index contributed by atoms with van der Waals surface area (Å²) in [5.41, 5.74) is 2.91. The lowest BCUT2D eigenvalue weighted by Crippen LogP contribution is -2.28. The van der Waals surface area contributed by atoms with E-state index in [9.17, 15) is 9.59 Å². The number of hydrazone groups is 1. The van der Waals surface area contributed by atoms with Crippen molar-refractivity contribution in [3.05, 3.63) is 23.8 Å². The van der Waals surface area contributed by atoms with Crippen molar-refractivity contribution in [1.82, 2.24) is 10.7 Å². The fraction of sp³-hybridized carbons (Fsp3) is 0.400. The molecule has 1 aromatic carbocycles. The number of likely N-dealkylation sites (N-methyl/N-ethyl adjacent to an activating group) is 1. The molecule has 8 nitrogen and oxygen atoms in total. The predicted molar refractivity (Wildman–Crippen MR) is 84.9 cm³/mol. The SMILES string of the molecule is CCNC(=O)COc1ccc(/C=N/NC(=O)OCC)cc1OC. The normalized spacial score (nSPS) is 10.2. The molecule has 0 unspecified atom stereocenters. The molecule has 0 spiro atoms. The Labute approximate surface area is 134 Å². The Bertz CT molecular complexity index is 560. The minimum atomic E-state index is -0.627. The first-order valence-corrected chi connectivity index (χ1v) is 7.14. The maximum Gasteiger partial charge on any atom is 0.427 e. The average molecular weight is 323 g/mol. The van der Waals surface area contributed by atoms with Gasteiger partial charge in [0.15, 0.2) is 18.1 Å². The topological polar surface area (TPSA) is 98.2 Å². The summed E-state index contributed by atoms with van der Waals surface area (Å²) in [5, 5.41) is 6.39. The van der Waals surface area contributed by atoms with Crippen LogP contribution in [0.5, 0.6) is 11.5 Å². The van der Waals surface area contributed by atoms with E-state index in [0.717, 1.165) is 0 Å². The summed E-state index contributed by atoms with van der Waals surface area (Å²) in [6, 6.07) is 5.04. The third kappa shape index (κ3) is 6.68. The van der Waals surface area contributed by atoms with Gasteiger partial charge in [0.1, 0.15) is 0 Å². The van der Waals surface area contributed by atoms with Gasteiger partial charge in [0.25, 0.3) is 5.91 Å². The Balaban J connectivity index is 2.66. The molecule has 2 N–H and O–H groups in total. The van der Waals surface area contributed by atoms with Gasteiger partial charge in [-0.25, -0.2) is 10.2 Å². The van der Waals surface area contributed by atoms with Gasteiger partial charge in [-0.15, -0.1) is 0 Å². The van der Waals surface area contributed by atoms with Crippen LogP contribution < -0.4 is 20.2 Å². The second-order valence-corrected chi connectivity index (χ2v) is 4.24. The van der Waals surface area contributed by atoms with Crippen molar-refractivity contribution in [2.45, 2.75) is 13.8 Å². The highest BCUT2D eigenvalue weighted by Gasteiger charge is 2.07. The molecule has 0 saturated carbocycles. The van der Waals surface area contributed by atoms with Crippen molar-refractivity contribution in [1.29, 1.82) is 0 Å². The van der Waals surface area contributed by atoms with Gasteiger partial charge in [-0.2, -0.15) is 5.10 Å². The van der Waals surface area contributed by atoms with Gasteiger partial charge < -0.3 is 19.5 Å². The van der Waals surface area contributed by atoms with E-state index in [2.05, 4.69) is 20.6 Å². The number of methoxy groups -OCH3 is 1. The Hall–Kier alpha value is -2.77. The van der Waals surface area contributed by atoms with Gasteiger partial charge in [0.05, 0.1) is 19.9 Å². The van der Waals surface area contributed by atoms with E-state index < -0.39 is 6.09 Å². The second-order valence-electron chi connectivity index (χ2n) is 4.24. The van der Waals surface area contributed by atoms with E-state index in [1.165, 1.54) is 13.3 Å². The third-order valence-electron chi connectivity index (χ3n) is 2.57. The van der Waals surface area contributed by atoms with Gasteiger partial charge >= 0.3 is 6.09 Å². The zero-order chi connectivity index (χ0) is 17.1. The first kappa shape index (κ1) is 18.3. The number of nitrogens with one attached hydrogen (secondary N) is 2. The monoisotopic (exact) mass is 323 g/mol. The molecule has 1 aromatic rings. The quantitative estimate of drug-likeness (QED) is 0.555. The summed E-state index contributed by atoms with van der Waals surface area (Å²) in [6.45, 7) is 4.25. The standard InChI is InChI=1S/C15H21N3O5/c1-4-16-14(19)10-23-12-7-6-11(8-13(12)21-3)9-17-18-15(20)22-5-2/h6-9H,4-5,10H2,1-3H3,(H,16,19)(H,18,20)/b17-9+. The highest BCUT2D eigenvalue weighted by Crippen LogP contribution is 2.27. The van der Waals surface area contributed by atoms with E-state index in [4.69, 9.17) is 9.47 Å². The number of benzene rings is 1. The van der Waals surface area contributed by atoms with E-state index in [1.54, 1.807) is 25.1 Å². The Morgan fingerprint density at radius 2 is 2.04 bits per heavy atom. The summed E-state index contributed by atoms with van der Waals surface area (Å²) in [5.74, 6) is 0.683. The summed E-state index contributed by atoms with van der Waals surface area (Å²) >= 11 is 0. The van der Waals surface area contributed by atoms with Crippen molar-refractivity contribution >= 4 is 18.2 Å². The molecular formula is C15H21N3O5. The maximum absolute atomic E-state index is 11.4. The van der Waals surface area contributed by atoms with Crippen LogP contribution in [0.1, 0.15) is 19.4 Å². The van der Waals surface area contributed by atoms with Crippen LogP contribution in [0, 0.1) is 0 Å². The molecule has 0 radical (unpaired) electrons. The smallest absolute Gasteiger partial charge is 0.427 e. The molecule has 0 aliphatic heterocycles. The molecule has 0 bridgehead atoms. The first-order valence-electron chi connectivity index (χ1n) is 7.14. The molecule has 0 saturated heterocycles. The van der Waals surface area contributed by atoms with Crippen LogP contribution in [0.15, 0.2) is 23.3 Å². The van der Waals surface area contributed by atoms with Gasteiger partial charge in [-0.3, -0.25) is 4.79 Å². The molecule has 1 rings (SSSR count). The van der Waals surface area contributed by atoms with Crippen molar-refractivity contribution in [3.63, 3.8) is 0 Å². The molecule has 8 heteroatoms. The highest BCUT2D eigenvalue weighted by atomic mass is 16.5. The van der Waals surface area contributed by atoms with Crippen molar-refractivity contribution < 1.29 is 23.8 Å². The zero-order valence-corrected chi connectivity index (χ0v) is 13.4. The summed E-state index contributed by atoms with van der Waals surface area (Å²) in [7, 11) is 1.49. The van der Waals surface area contributed by atoms with Crippen molar-refractivity contribution in [2.75, 3.05) is 26.9 Å². The summed E-state index contributed by atoms with van der Waals surface area (Å²) < 4.78 is 15.3. The predicted octanol–water partition coefficient (Wildman–Crippen LogP) is 1.29. The molecule has 0 aliphatic carbocycles. The van der Waals surface area contributed by atoms with Crippen LogP contribution in [0.4, 0.5) is 4.79 Å². The molecule has 0 heterocycles. The maximum atomic E-state index is 11.4. The van der Waals surface area contributed by atoms with Crippen LogP contribution in [-0.4, -0.2) is 45.1 Å². The van der Waals surface area contributed by atoms with E-state index in [0.29, 0.717) is 23.6 Å². The fourth-order valence-electron chi connectivity index (χ4n) is 1.60. The Morgan fingerprint density at radius 3 is 2.70 bits per heavy atom. The van der Waals surface area contributed by atoms with Crippen LogP contribution in [0.25, 0.3) is 0 Å². The van der Waals surface area contributed by atoms with Gasteiger partial charge in [-0.05, 0) is 37.6 Å². The van der Waals surface area contributed by atoms with Crippen LogP contribution in [0.2, 0.25) is 0 Å². The number of carbonyl (C=O) groups is 2. The van der Waals surface area contributed by atoms with Gasteiger partial charge in [0, 0.05) is 6.54 Å². The van der Waals surface area contributed by atoms with Gasteiger partial charge in [0.2, 0.25) is 0 Å². The average Bonchev–Trinajstić information content (AvgIpc) is 2.54. The van der Waals surface area contributed by atoms with E-state index >= 15 is 0 Å². The molecule has 0 fully saturated rings. The number of hydrogen-bond acceptors (Lipinski definition) is 6. The molecular weight excluding hydrogens is 302 g/mol. The number of ether oxygens (including phenoxy) is 3. The van der Waals surface area contributed by atoms with Crippen LogP contribution in [0.3, 0.4) is 0 Å². The number of amides is 2. The number of hydrogen-bond donors (Lipinski definition) is 2. The minimum absolute atomic E-state index is 0.0952. The molecule has 126 valence electrons. The number of carbonyl (C=O) groups excluding carboxylic acids is 2. The Morgan fingerprint density at radius 1 is 1.26 bits per heavy atom. The highest BCUT2D eigenvalue weighted by molar-refractivity contribution is 5.82. The summed E-state index contributed by atoms with van der Waals surface area (Å²) in [6.07, 6.45) is 0.810. The first-order chi connectivity index (χ1) is 11.1. The zero-order valence-electron chi connectivity index (χ0n) is 13.4. The lowest BCUT2D eigenvalue weighted by Gasteiger charge is -2.11. The molecule has 23 heavy (non-hydrogen) atoms. The van der Waals surface area contributed by atoms with Crippen molar-refractivity contribution in [3.8, 4) is 11.5 Å². The van der Waals surface area contributed by atoms with Crippen molar-refractivity contribution in [2.24, 2.45) is 5.10 Å². The fourth-order valence-corrected chi connectivity index (χ4v) is 1.60. The van der Waals surface area contributed by atoms with E-state index in [1.807, 2.05) is 6.92 Å². The lowest BCUT2D eigenvalue weighted by atomic mass is 10.2. The molecule has 0 aromatic heterocycles. The Kier molecular flexibility index (Phi) is 7.98. The number of nitrogens with zero attached hydrogens (tertiary/aromatic N) is 1. The van der Waals surface area contributed by atoms with Crippen LogP contribution in [-0.2, 0) is 9.53 Å². The second kappa shape index (κ2) is 10.0. The molecule has 0 atom stereocenters. The lowest BCUT2D eigenvalue weighted by molar-refractivity contribution is -0.123. The van der Waals surface area contributed by atoms with Crippen LogP contribution >= 0.6 is 0 Å². The largest absolute Gasteiger partial charge is 0.493 e. The molecule has 2 amide bonds. The van der Waals surface area contributed by atoms with E-state index in [-0.39, 0.29) is 19.1 Å². The third-order valence-corrected chi connectivity index (χ3v) is 2.57.